The number of nitrogens with one attached hydrogen (secondary N) is 1. The molecule has 0 amide bonds. The van der Waals surface area contributed by atoms with E-state index < -0.39 is 0 Å². The van der Waals surface area contributed by atoms with E-state index in [0.29, 0.717) is 0 Å². The molecule has 3 unspecified atom stereocenters. The Hall–Kier alpha value is -0.0800. The number of hydrogen-bond acceptors (Lipinski definition) is 2. The molecule has 1 aliphatic heterocycles. The molecule has 3 aliphatic rings. The molecular formula is C19H36N2. The zero-order chi connectivity index (χ0) is 14.7. The number of nitrogens with zero attached hydrogens (tertiary/aromatic N) is 1. The van der Waals surface area contributed by atoms with Gasteiger partial charge in [-0.15, -0.1) is 0 Å². The lowest BCUT2D eigenvalue weighted by Gasteiger charge is -2.43. The second kappa shape index (κ2) is 7.46. The minimum absolute atomic E-state index is 0.767. The number of hydrogen-bond donors (Lipinski definition) is 1. The van der Waals surface area contributed by atoms with Crippen LogP contribution < -0.4 is 5.32 Å². The maximum absolute atomic E-state index is 3.94. The van der Waals surface area contributed by atoms with Gasteiger partial charge in [0.05, 0.1) is 0 Å². The van der Waals surface area contributed by atoms with Gasteiger partial charge >= 0.3 is 0 Å². The van der Waals surface area contributed by atoms with E-state index in [1.807, 2.05) is 0 Å². The standard InChI is InChI=1S/C19H36N2/c1-3-6-16-11-18(20-12-15-7-5-8-15)14-21(13-16)19(4-2)17-9-10-17/h15-20H,3-14H2,1-2H3. The van der Waals surface area contributed by atoms with E-state index in [1.165, 1.54) is 77.4 Å². The average Bonchev–Trinajstić information content (AvgIpc) is 3.23. The van der Waals surface area contributed by atoms with Gasteiger partial charge in [0, 0.05) is 25.2 Å². The molecule has 1 saturated heterocycles. The molecule has 0 radical (unpaired) electrons. The summed E-state index contributed by atoms with van der Waals surface area (Å²) in [6, 6.07) is 1.65. The zero-order valence-corrected chi connectivity index (χ0v) is 14.3. The molecule has 0 aromatic rings. The highest BCUT2D eigenvalue weighted by atomic mass is 15.2. The Morgan fingerprint density at radius 1 is 1.05 bits per heavy atom. The van der Waals surface area contributed by atoms with Crippen molar-refractivity contribution >= 4 is 0 Å². The summed E-state index contributed by atoms with van der Waals surface area (Å²) in [7, 11) is 0. The van der Waals surface area contributed by atoms with Gasteiger partial charge in [-0.3, -0.25) is 4.90 Å². The third kappa shape index (κ3) is 4.22. The normalized spacial score (nSPS) is 32.9. The van der Waals surface area contributed by atoms with E-state index in [4.69, 9.17) is 0 Å². The van der Waals surface area contributed by atoms with Gasteiger partial charge in [-0.1, -0.05) is 26.7 Å². The Bertz CT molecular complexity index is 309. The summed E-state index contributed by atoms with van der Waals surface area (Å²) >= 11 is 0. The molecule has 2 heteroatoms. The SMILES string of the molecule is CCCC1CC(NCC2CCC2)CN(C(CC)C2CC2)C1. The molecule has 0 aromatic heterocycles. The van der Waals surface area contributed by atoms with Gasteiger partial charge in [0.1, 0.15) is 0 Å². The van der Waals surface area contributed by atoms with Gasteiger partial charge in [-0.05, 0) is 69.2 Å². The lowest BCUT2D eigenvalue weighted by Crippen LogP contribution is -2.54. The highest BCUT2D eigenvalue weighted by Gasteiger charge is 2.38. The molecule has 1 heterocycles. The largest absolute Gasteiger partial charge is 0.312 e. The van der Waals surface area contributed by atoms with Gasteiger partial charge < -0.3 is 5.32 Å². The quantitative estimate of drug-likeness (QED) is 0.726. The molecule has 0 spiro atoms. The minimum Gasteiger partial charge on any atom is -0.312 e. The molecule has 2 aliphatic carbocycles. The lowest BCUT2D eigenvalue weighted by molar-refractivity contribution is 0.0775. The van der Waals surface area contributed by atoms with Crippen molar-refractivity contribution in [2.45, 2.75) is 83.7 Å². The van der Waals surface area contributed by atoms with Crippen LogP contribution in [-0.4, -0.2) is 36.6 Å². The van der Waals surface area contributed by atoms with Gasteiger partial charge in [-0.25, -0.2) is 0 Å². The van der Waals surface area contributed by atoms with Gasteiger partial charge in [0.25, 0.3) is 0 Å². The van der Waals surface area contributed by atoms with Crippen LogP contribution >= 0.6 is 0 Å². The van der Waals surface area contributed by atoms with Crippen LogP contribution in [-0.2, 0) is 0 Å². The zero-order valence-electron chi connectivity index (χ0n) is 14.3. The summed E-state index contributed by atoms with van der Waals surface area (Å²) in [5.74, 6) is 2.97. The first-order chi connectivity index (χ1) is 10.3. The van der Waals surface area contributed by atoms with Gasteiger partial charge in [-0.2, -0.15) is 0 Å². The molecule has 3 rings (SSSR count). The Labute approximate surface area is 132 Å². The second-order valence-corrected chi connectivity index (χ2v) is 8.06. The number of piperidine rings is 1. The summed E-state index contributed by atoms with van der Waals surface area (Å²) in [4.78, 5) is 2.87. The first-order valence-corrected chi connectivity index (χ1v) is 9.77. The van der Waals surface area contributed by atoms with Crippen molar-refractivity contribution in [3.05, 3.63) is 0 Å². The van der Waals surface area contributed by atoms with Crippen LogP contribution in [0.3, 0.4) is 0 Å². The molecule has 2 nitrogen and oxygen atoms in total. The molecular weight excluding hydrogens is 256 g/mol. The smallest absolute Gasteiger partial charge is 0.0198 e. The lowest BCUT2D eigenvalue weighted by atomic mass is 9.84. The van der Waals surface area contributed by atoms with Crippen LogP contribution in [0.1, 0.15) is 71.6 Å². The van der Waals surface area contributed by atoms with Crippen molar-refractivity contribution < 1.29 is 0 Å². The van der Waals surface area contributed by atoms with Crippen molar-refractivity contribution in [2.24, 2.45) is 17.8 Å². The van der Waals surface area contributed by atoms with E-state index in [9.17, 15) is 0 Å². The maximum atomic E-state index is 3.94. The first-order valence-electron chi connectivity index (χ1n) is 9.77. The summed E-state index contributed by atoms with van der Waals surface area (Å²) in [5.41, 5.74) is 0. The molecule has 3 atom stereocenters. The maximum Gasteiger partial charge on any atom is 0.0198 e. The fourth-order valence-corrected chi connectivity index (χ4v) is 4.68. The summed E-state index contributed by atoms with van der Waals surface area (Å²) in [5, 5.41) is 3.94. The highest BCUT2D eigenvalue weighted by Crippen LogP contribution is 2.38. The van der Waals surface area contributed by atoms with Crippen molar-refractivity contribution in [1.82, 2.24) is 10.2 Å². The molecule has 0 bridgehead atoms. The second-order valence-electron chi connectivity index (χ2n) is 8.06. The van der Waals surface area contributed by atoms with Crippen LogP contribution in [0.25, 0.3) is 0 Å². The van der Waals surface area contributed by atoms with Crippen LogP contribution in [0.2, 0.25) is 0 Å². The number of rotatable bonds is 8. The van der Waals surface area contributed by atoms with Crippen molar-refractivity contribution in [3.63, 3.8) is 0 Å². The van der Waals surface area contributed by atoms with E-state index in [-0.39, 0.29) is 0 Å². The molecule has 0 aromatic carbocycles. The fourth-order valence-electron chi connectivity index (χ4n) is 4.68. The summed E-state index contributed by atoms with van der Waals surface area (Å²) in [6.45, 7) is 8.75. The first kappa shape index (κ1) is 15.8. The van der Waals surface area contributed by atoms with Gasteiger partial charge in [0.15, 0.2) is 0 Å². The van der Waals surface area contributed by atoms with E-state index in [1.54, 1.807) is 0 Å². The van der Waals surface area contributed by atoms with Crippen LogP contribution in [0.5, 0.6) is 0 Å². The van der Waals surface area contributed by atoms with Gasteiger partial charge in [0.2, 0.25) is 0 Å². The van der Waals surface area contributed by atoms with E-state index in [0.717, 1.165) is 29.8 Å². The number of likely N-dealkylation sites (tertiary alicyclic amines) is 1. The van der Waals surface area contributed by atoms with Crippen molar-refractivity contribution in [2.75, 3.05) is 19.6 Å². The third-order valence-corrected chi connectivity index (χ3v) is 6.24. The Morgan fingerprint density at radius 3 is 2.43 bits per heavy atom. The predicted molar refractivity (Wildman–Crippen MR) is 90.5 cm³/mol. The van der Waals surface area contributed by atoms with Crippen molar-refractivity contribution in [1.29, 1.82) is 0 Å². The molecule has 122 valence electrons. The average molecular weight is 293 g/mol. The highest BCUT2D eigenvalue weighted by molar-refractivity contribution is 4.93. The van der Waals surface area contributed by atoms with Crippen LogP contribution in [0.15, 0.2) is 0 Å². The summed E-state index contributed by atoms with van der Waals surface area (Å²) < 4.78 is 0. The fraction of sp³-hybridized carbons (Fsp3) is 1.00. The molecule has 21 heavy (non-hydrogen) atoms. The third-order valence-electron chi connectivity index (χ3n) is 6.24. The Morgan fingerprint density at radius 2 is 1.86 bits per heavy atom. The summed E-state index contributed by atoms with van der Waals surface area (Å²) in [6.07, 6.45) is 13.0. The molecule has 2 saturated carbocycles. The van der Waals surface area contributed by atoms with E-state index in [2.05, 4.69) is 24.1 Å². The molecule has 3 fully saturated rings. The Kier molecular flexibility index (Phi) is 5.61. The van der Waals surface area contributed by atoms with Crippen LogP contribution in [0, 0.1) is 17.8 Å². The van der Waals surface area contributed by atoms with E-state index >= 15 is 0 Å². The topological polar surface area (TPSA) is 15.3 Å². The molecule has 1 N–H and O–H groups in total. The van der Waals surface area contributed by atoms with Crippen molar-refractivity contribution in [3.8, 4) is 0 Å². The predicted octanol–water partition coefficient (Wildman–Crippen LogP) is 4.06. The monoisotopic (exact) mass is 292 g/mol. The van der Waals surface area contributed by atoms with Crippen LogP contribution in [0.4, 0.5) is 0 Å². The minimum atomic E-state index is 0.767. The Balaban J connectivity index is 1.54.